The van der Waals surface area contributed by atoms with Crippen molar-refractivity contribution in [1.29, 1.82) is 0 Å². The molecule has 16 heavy (non-hydrogen) atoms. The van der Waals surface area contributed by atoms with Gasteiger partial charge in [0, 0.05) is 26.1 Å². The Morgan fingerprint density at radius 2 is 2.06 bits per heavy atom. The average Bonchev–Trinajstić information content (AvgIpc) is 2.30. The van der Waals surface area contributed by atoms with E-state index in [4.69, 9.17) is 9.47 Å². The number of carbonyl (C=O) groups excluding carboxylic acids is 1. The largest absolute Gasteiger partial charge is 0.382 e. The zero-order chi connectivity index (χ0) is 12.2. The number of carbonyl (C=O) groups is 1. The van der Waals surface area contributed by atoms with Crippen LogP contribution in [0.3, 0.4) is 0 Å². The van der Waals surface area contributed by atoms with Crippen LogP contribution in [-0.4, -0.2) is 52.5 Å². The fourth-order valence-electron chi connectivity index (χ4n) is 1.12. The Bertz CT molecular complexity index is 177. The molecule has 0 aromatic carbocycles. The van der Waals surface area contributed by atoms with Crippen LogP contribution in [-0.2, 0) is 14.3 Å². The average molecular weight is 232 g/mol. The zero-order valence-electron chi connectivity index (χ0n) is 10.5. The zero-order valence-corrected chi connectivity index (χ0v) is 10.5. The number of rotatable bonds is 10. The second-order valence-electron chi connectivity index (χ2n) is 3.60. The van der Waals surface area contributed by atoms with Crippen LogP contribution in [0.5, 0.6) is 0 Å². The molecule has 5 nitrogen and oxygen atoms in total. The van der Waals surface area contributed by atoms with Crippen molar-refractivity contribution < 1.29 is 14.3 Å². The summed E-state index contributed by atoms with van der Waals surface area (Å²) < 4.78 is 10.1. The van der Waals surface area contributed by atoms with E-state index in [-0.39, 0.29) is 11.8 Å². The summed E-state index contributed by atoms with van der Waals surface area (Å²) in [4.78, 5) is 11.5. The van der Waals surface area contributed by atoms with Crippen LogP contribution in [0.15, 0.2) is 0 Å². The van der Waals surface area contributed by atoms with Crippen molar-refractivity contribution in [2.45, 2.75) is 13.8 Å². The van der Waals surface area contributed by atoms with Gasteiger partial charge >= 0.3 is 0 Å². The number of ether oxygens (including phenoxy) is 2. The van der Waals surface area contributed by atoms with Gasteiger partial charge in [0.15, 0.2) is 0 Å². The van der Waals surface area contributed by atoms with Gasteiger partial charge in [0.05, 0.1) is 19.8 Å². The molecule has 0 spiro atoms. The molecule has 1 amide bonds. The van der Waals surface area contributed by atoms with E-state index >= 15 is 0 Å². The van der Waals surface area contributed by atoms with E-state index in [1.165, 1.54) is 0 Å². The van der Waals surface area contributed by atoms with E-state index in [1.807, 2.05) is 13.8 Å². The van der Waals surface area contributed by atoms with E-state index in [0.29, 0.717) is 32.9 Å². The van der Waals surface area contributed by atoms with Crippen molar-refractivity contribution in [3.63, 3.8) is 0 Å². The van der Waals surface area contributed by atoms with Gasteiger partial charge in [0.2, 0.25) is 5.91 Å². The first kappa shape index (κ1) is 15.3. The van der Waals surface area contributed by atoms with Crippen molar-refractivity contribution in [2.75, 3.05) is 46.6 Å². The molecule has 0 bridgehead atoms. The SMILES string of the molecule is CCNCC(C)C(=O)NCCOCCOC. The molecule has 2 N–H and O–H groups in total. The Hall–Kier alpha value is -0.650. The quantitative estimate of drug-likeness (QED) is 0.521. The predicted octanol–water partition coefficient (Wildman–Crippen LogP) is 0.0112. The van der Waals surface area contributed by atoms with Crippen LogP contribution in [0.4, 0.5) is 0 Å². The first-order chi connectivity index (χ1) is 7.72. The molecular formula is C11H24N2O3. The van der Waals surface area contributed by atoms with Crippen LogP contribution in [0.1, 0.15) is 13.8 Å². The summed E-state index contributed by atoms with van der Waals surface area (Å²) in [5, 5.41) is 5.96. The summed E-state index contributed by atoms with van der Waals surface area (Å²) in [5.41, 5.74) is 0. The highest BCUT2D eigenvalue weighted by atomic mass is 16.5. The van der Waals surface area contributed by atoms with Gasteiger partial charge in [-0.05, 0) is 6.54 Å². The van der Waals surface area contributed by atoms with Crippen molar-refractivity contribution in [2.24, 2.45) is 5.92 Å². The fraction of sp³-hybridized carbons (Fsp3) is 0.909. The van der Waals surface area contributed by atoms with Gasteiger partial charge in [-0.25, -0.2) is 0 Å². The molecule has 0 aliphatic carbocycles. The van der Waals surface area contributed by atoms with Gasteiger partial charge < -0.3 is 20.1 Å². The lowest BCUT2D eigenvalue weighted by molar-refractivity contribution is -0.124. The van der Waals surface area contributed by atoms with Crippen molar-refractivity contribution in [3.8, 4) is 0 Å². The number of nitrogens with one attached hydrogen (secondary N) is 2. The lowest BCUT2D eigenvalue weighted by atomic mass is 10.1. The summed E-state index contributed by atoms with van der Waals surface area (Å²) in [6.45, 7) is 7.77. The Labute approximate surface area is 97.9 Å². The Balaban J connectivity index is 3.35. The van der Waals surface area contributed by atoms with Gasteiger partial charge in [-0.3, -0.25) is 4.79 Å². The van der Waals surface area contributed by atoms with Crippen molar-refractivity contribution >= 4 is 5.91 Å². The predicted molar refractivity (Wildman–Crippen MR) is 63.4 cm³/mol. The second-order valence-corrected chi connectivity index (χ2v) is 3.60. The molecule has 0 radical (unpaired) electrons. The first-order valence-corrected chi connectivity index (χ1v) is 5.77. The van der Waals surface area contributed by atoms with Gasteiger partial charge in [-0.1, -0.05) is 13.8 Å². The highest BCUT2D eigenvalue weighted by molar-refractivity contribution is 5.78. The Kier molecular flexibility index (Phi) is 10.4. The highest BCUT2D eigenvalue weighted by Gasteiger charge is 2.10. The summed E-state index contributed by atoms with van der Waals surface area (Å²) >= 11 is 0. The molecule has 1 unspecified atom stereocenters. The molecule has 0 aromatic heterocycles. The van der Waals surface area contributed by atoms with Crippen LogP contribution in [0.25, 0.3) is 0 Å². The third-order valence-electron chi connectivity index (χ3n) is 2.13. The molecule has 0 saturated carbocycles. The standard InChI is InChI=1S/C11H24N2O3/c1-4-12-9-10(2)11(14)13-5-6-16-8-7-15-3/h10,12H,4-9H2,1-3H3,(H,13,14). The molecular weight excluding hydrogens is 208 g/mol. The van der Waals surface area contributed by atoms with Crippen LogP contribution in [0, 0.1) is 5.92 Å². The summed E-state index contributed by atoms with van der Waals surface area (Å²) in [7, 11) is 1.63. The normalized spacial score (nSPS) is 12.4. The van der Waals surface area contributed by atoms with E-state index < -0.39 is 0 Å². The molecule has 0 saturated heterocycles. The van der Waals surface area contributed by atoms with E-state index in [0.717, 1.165) is 6.54 Å². The summed E-state index contributed by atoms with van der Waals surface area (Å²) in [5.74, 6) is 0.0650. The van der Waals surface area contributed by atoms with Crippen LogP contribution >= 0.6 is 0 Å². The topological polar surface area (TPSA) is 59.6 Å². The van der Waals surface area contributed by atoms with E-state index in [1.54, 1.807) is 7.11 Å². The van der Waals surface area contributed by atoms with Gasteiger partial charge in [0.1, 0.15) is 0 Å². The molecule has 0 heterocycles. The maximum absolute atomic E-state index is 11.5. The molecule has 0 aliphatic rings. The lowest BCUT2D eigenvalue weighted by Crippen LogP contribution is -2.36. The van der Waals surface area contributed by atoms with Crippen molar-refractivity contribution in [1.82, 2.24) is 10.6 Å². The van der Waals surface area contributed by atoms with Gasteiger partial charge in [0.25, 0.3) is 0 Å². The number of hydrogen-bond donors (Lipinski definition) is 2. The maximum atomic E-state index is 11.5. The van der Waals surface area contributed by atoms with Crippen molar-refractivity contribution in [3.05, 3.63) is 0 Å². The molecule has 5 heteroatoms. The Morgan fingerprint density at radius 3 is 2.69 bits per heavy atom. The smallest absolute Gasteiger partial charge is 0.224 e. The minimum atomic E-state index is -0.000995. The third kappa shape index (κ3) is 8.64. The minimum absolute atomic E-state index is 0.000995. The van der Waals surface area contributed by atoms with Crippen LogP contribution < -0.4 is 10.6 Å². The molecule has 0 aliphatic heterocycles. The molecule has 0 aromatic rings. The highest BCUT2D eigenvalue weighted by Crippen LogP contribution is 1.91. The van der Waals surface area contributed by atoms with E-state index in [2.05, 4.69) is 10.6 Å². The maximum Gasteiger partial charge on any atom is 0.224 e. The van der Waals surface area contributed by atoms with Gasteiger partial charge in [-0.2, -0.15) is 0 Å². The molecule has 1 atom stereocenters. The lowest BCUT2D eigenvalue weighted by Gasteiger charge is -2.12. The summed E-state index contributed by atoms with van der Waals surface area (Å²) in [6, 6.07) is 0. The molecule has 0 fully saturated rings. The number of amides is 1. The number of hydrogen-bond acceptors (Lipinski definition) is 4. The third-order valence-corrected chi connectivity index (χ3v) is 2.13. The summed E-state index contributed by atoms with van der Waals surface area (Å²) in [6.07, 6.45) is 0. The van der Waals surface area contributed by atoms with E-state index in [9.17, 15) is 4.79 Å². The van der Waals surface area contributed by atoms with Gasteiger partial charge in [-0.15, -0.1) is 0 Å². The first-order valence-electron chi connectivity index (χ1n) is 5.77. The Morgan fingerprint density at radius 1 is 1.31 bits per heavy atom. The monoisotopic (exact) mass is 232 g/mol. The molecule has 96 valence electrons. The second kappa shape index (κ2) is 10.9. The fourth-order valence-corrected chi connectivity index (χ4v) is 1.12. The number of methoxy groups -OCH3 is 1. The molecule has 0 rings (SSSR count). The van der Waals surface area contributed by atoms with Crippen LogP contribution in [0.2, 0.25) is 0 Å². The minimum Gasteiger partial charge on any atom is -0.382 e.